The molecule has 0 aliphatic carbocycles. The van der Waals surface area contributed by atoms with Gasteiger partial charge in [0.05, 0.1) is 6.04 Å². The van der Waals surface area contributed by atoms with Gasteiger partial charge in [-0.2, -0.15) is 5.21 Å². The zero-order chi connectivity index (χ0) is 14.4. The highest BCUT2D eigenvalue weighted by atomic mass is 16.1. The van der Waals surface area contributed by atoms with E-state index in [1.54, 1.807) is 0 Å². The summed E-state index contributed by atoms with van der Waals surface area (Å²) in [5.74, 6) is 0.333. The highest BCUT2D eigenvalue weighted by Gasteiger charge is 2.16. The molecule has 0 spiro atoms. The van der Waals surface area contributed by atoms with Crippen LogP contribution in [0.3, 0.4) is 0 Å². The Morgan fingerprint density at radius 3 is 2.90 bits per heavy atom. The molecule has 0 aliphatic rings. The van der Waals surface area contributed by atoms with E-state index < -0.39 is 0 Å². The van der Waals surface area contributed by atoms with Crippen molar-refractivity contribution in [1.29, 1.82) is 0 Å². The summed E-state index contributed by atoms with van der Waals surface area (Å²) in [4.78, 5) is 12.3. The predicted molar refractivity (Wildman–Crippen MR) is 74.1 cm³/mol. The lowest BCUT2D eigenvalue weighted by molar-refractivity contribution is 0.0937. The molecule has 1 heterocycles. The van der Waals surface area contributed by atoms with Crippen LogP contribution in [0.25, 0.3) is 0 Å². The number of aromatic amines is 1. The fraction of sp³-hybridized carbons (Fsp3) is 0.385. The largest absolute Gasteiger partial charge is 0.342 e. The molecule has 7 heteroatoms. The molecule has 2 rings (SSSR count). The van der Waals surface area contributed by atoms with E-state index in [1.807, 2.05) is 38.2 Å². The maximum atomic E-state index is 12.3. The number of carbonyl (C=O) groups excluding carboxylic acids is 1. The van der Waals surface area contributed by atoms with Crippen LogP contribution in [0.1, 0.15) is 34.7 Å². The minimum atomic E-state index is -0.293. The highest BCUT2D eigenvalue weighted by molar-refractivity contribution is 5.95. The third-order valence-electron chi connectivity index (χ3n) is 3.00. The van der Waals surface area contributed by atoms with E-state index in [1.165, 1.54) is 0 Å². The van der Waals surface area contributed by atoms with Crippen LogP contribution < -0.4 is 10.6 Å². The van der Waals surface area contributed by atoms with Crippen molar-refractivity contribution in [2.45, 2.75) is 19.4 Å². The van der Waals surface area contributed by atoms with Gasteiger partial charge >= 0.3 is 0 Å². The Morgan fingerprint density at radius 2 is 2.20 bits per heavy atom. The predicted octanol–water partition coefficient (Wildman–Crippen LogP) is 0.453. The van der Waals surface area contributed by atoms with Crippen molar-refractivity contribution >= 4 is 5.91 Å². The zero-order valence-electron chi connectivity index (χ0n) is 11.6. The van der Waals surface area contributed by atoms with E-state index in [4.69, 9.17) is 0 Å². The van der Waals surface area contributed by atoms with E-state index in [0.717, 1.165) is 18.5 Å². The average molecular weight is 274 g/mol. The number of tetrazole rings is 1. The van der Waals surface area contributed by atoms with Gasteiger partial charge in [0.15, 0.2) is 5.82 Å². The van der Waals surface area contributed by atoms with Gasteiger partial charge < -0.3 is 10.6 Å². The number of H-pyrrole nitrogens is 1. The standard InChI is InChI=1S/C13H18N6O/c1-9(12-16-18-19-17-12)15-13(20)11-6-4-3-5-10(11)7-8-14-2/h3-6,9,14H,7-8H2,1-2H3,(H,15,20)(H,16,17,18,19). The van der Waals surface area contributed by atoms with Crippen molar-refractivity contribution in [3.8, 4) is 0 Å². The van der Waals surface area contributed by atoms with Gasteiger partial charge in [0, 0.05) is 5.56 Å². The highest BCUT2D eigenvalue weighted by Crippen LogP contribution is 2.12. The first-order valence-corrected chi connectivity index (χ1v) is 6.49. The quantitative estimate of drug-likeness (QED) is 0.711. The van der Waals surface area contributed by atoms with Crippen LogP contribution in [0.5, 0.6) is 0 Å². The number of hydrogen-bond acceptors (Lipinski definition) is 5. The summed E-state index contributed by atoms with van der Waals surface area (Å²) in [6.07, 6.45) is 0.802. The molecule has 0 radical (unpaired) electrons. The van der Waals surface area contributed by atoms with Gasteiger partial charge in [0.2, 0.25) is 0 Å². The van der Waals surface area contributed by atoms with E-state index in [-0.39, 0.29) is 11.9 Å². The summed E-state index contributed by atoms with van der Waals surface area (Å²) in [5, 5.41) is 19.5. The Morgan fingerprint density at radius 1 is 1.40 bits per heavy atom. The number of likely N-dealkylation sites (N-methyl/N-ethyl adjacent to an activating group) is 1. The normalized spacial score (nSPS) is 12.1. The number of nitrogens with one attached hydrogen (secondary N) is 3. The molecule has 1 atom stereocenters. The zero-order valence-corrected chi connectivity index (χ0v) is 11.6. The van der Waals surface area contributed by atoms with Gasteiger partial charge in [-0.3, -0.25) is 4.79 Å². The van der Waals surface area contributed by atoms with E-state index >= 15 is 0 Å². The Kier molecular flexibility index (Phi) is 4.78. The topological polar surface area (TPSA) is 95.6 Å². The summed E-state index contributed by atoms with van der Waals surface area (Å²) in [5.41, 5.74) is 1.69. The fourth-order valence-corrected chi connectivity index (χ4v) is 1.91. The summed E-state index contributed by atoms with van der Waals surface area (Å²) in [7, 11) is 1.89. The monoisotopic (exact) mass is 274 g/mol. The van der Waals surface area contributed by atoms with E-state index in [2.05, 4.69) is 31.3 Å². The van der Waals surface area contributed by atoms with E-state index in [0.29, 0.717) is 11.4 Å². The number of aromatic nitrogens is 4. The van der Waals surface area contributed by atoms with Crippen molar-refractivity contribution in [3.05, 3.63) is 41.2 Å². The van der Waals surface area contributed by atoms with Crippen LogP contribution >= 0.6 is 0 Å². The SMILES string of the molecule is CNCCc1ccccc1C(=O)NC(C)c1nn[nH]n1. The van der Waals surface area contributed by atoms with Crippen molar-refractivity contribution in [2.75, 3.05) is 13.6 Å². The first-order valence-electron chi connectivity index (χ1n) is 6.49. The molecular weight excluding hydrogens is 256 g/mol. The molecule has 1 amide bonds. The summed E-state index contributed by atoms with van der Waals surface area (Å²) in [6, 6.07) is 7.29. The number of hydrogen-bond donors (Lipinski definition) is 3. The molecule has 20 heavy (non-hydrogen) atoms. The third kappa shape index (κ3) is 3.39. The van der Waals surface area contributed by atoms with E-state index in [9.17, 15) is 4.79 Å². The van der Waals surface area contributed by atoms with Crippen LogP contribution in [0, 0.1) is 0 Å². The lowest BCUT2D eigenvalue weighted by atomic mass is 10.0. The summed E-state index contributed by atoms with van der Waals surface area (Å²) in [6.45, 7) is 2.64. The number of benzene rings is 1. The maximum Gasteiger partial charge on any atom is 0.252 e. The smallest absolute Gasteiger partial charge is 0.252 e. The molecule has 2 aromatic rings. The molecule has 0 fully saturated rings. The molecule has 0 saturated heterocycles. The lowest BCUT2D eigenvalue weighted by Crippen LogP contribution is -2.28. The van der Waals surface area contributed by atoms with Gasteiger partial charge in [-0.05, 0) is 38.6 Å². The van der Waals surface area contributed by atoms with Crippen molar-refractivity contribution in [3.63, 3.8) is 0 Å². The molecule has 3 N–H and O–H groups in total. The minimum absolute atomic E-state index is 0.131. The number of amides is 1. The van der Waals surface area contributed by atoms with Crippen LogP contribution in [-0.4, -0.2) is 40.1 Å². The molecule has 0 bridgehead atoms. The van der Waals surface area contributed by atoms with Gasteiger partial charge in [-0.15, -0.1) is 10.2 Å². The van der Waals surface area contributed by atoms with Crippen molar-refractivity contribution < 1.29 is 4.79 Å². The van der Waals surface area contributed by atoms with Crippen LogP contribution in [0.4, 0.5) is 0 Å². The first-order chi connectivity index (χ1) is 9.72. The third-order valence-corrected chi connectivity index (χ3v) is 3.00. The molecule has 7 nitrogen and oxygen atoms in total. The Balaban J connectivity index is 2.09. The number of rotatable bonds is 6. The summed E-state index contributed by atoms with van der Waals surface area (Å²) >= 11 is 0. The molecule has 106 valence electrons. The van der Waals surface area contributed by atoms with Gasteiger partial charge in [-0.1, -0.05) is 23.4 Å². The molecule has 0 saturated carbocycles. The summed E-state index contributed by atoms with van der Waals surface area (Å²) < 4.78 is 0. The fourth-order valence-electron chi connectivity index (χ4n) is 1.91. The minimum Gasteiger partial charge on any atom is -0.342 e. The molecular formula is C13H18N6O. The van der Waals surface area contributed by atoms with Crippen LogP contribution in [0.15, 0.2) is 24.3 Å². The average Bonchev–Trinajstić information content (AvgIpc) is 2.99. The van der Waals surface area contributed by atoms with Gasteiger partial charge in [-0.25, -0.2) is 0 Å². The Hall–Kier alpha value is -2.28. The second-order valence-electron chi connectivity index (χ2n) is 4.48. The molecule has 0 aliphatic heterocycles. The maximum absolute atomic E-state index is 12.3. The van der Waals surface area contributed by atoms with Gasteiger partial charge in [0.1, 0.15) is 0 Å². The number of carbonyl (C=O) groups is 1. The first kappa shape index (κ1) is 14.1. The van der Waals surface area contributed by atoms with Gasteiger partial charge in [0.25, 0.3) is 5.91 Å². The Labute approximate surface area is 117 Å². The van der Waals surface area contributed by atoms with Crippen molar-refractivity contribution in [2.24, 2.45) is 0 Å². The Bertz CT molecular complexity index is 554. The molecule has 1 aromatic heterocycles. The lowest BCUT2D eigenvalue weighted by Gasteiger charge is -2.13. The second-order valence-corrected chi connectivity index (χ2v) is 4.48. The molecule has 1 aromatic carbocycles. The van der Waals surface area contributed by atoms with Crippen LogP contribution in [0.2, 0.25) is 0 Å². The van der Waals surface area contributed by atoms with Crippen molar-refractivity contribution in [1.82, 2.24) is 31.3 Å². The molecule has 1 unspecified atom stereocenters. The van der Waals surface area contributed by atoms with Crippen LogP contribution in [-0.2, 0) is 6.42 Å². The second kappa shape index (κ2) is 6.76. The number of nitrogens with zero attached hydrogens (tertiary/aromatic N) is 3.